The molecule has 0 aromatic heterocycles. The molecule has 1 atom stereocenters. The molecule has 1 aromatic rings. The van der Waals surface area contributed by atoms with E-state index < -0.39 is 35.6 Å². The summed E-state index contributed by atoms with van der Waals surface area (Å²) in [5.41, 5.74) is -0.112. The lowest BCUT2D eigenvalue weighted by molar-refractivity contribution is -0.141. The maximum absolute atomic E-state index is 13.9. The van der Waals surface area contributed by atoms with Crippen molar-refractivity contribution in [1.29, 1.82) is 0 Å². The number of ketones is 1. The van der Waals surface area contributed by atoms with E-state index in [0.29, 0.717) is 11.3 Å². The van der Waals surface area contributed by atoms with Crippen LogP contribution in [-0.2, 0) is 9.53 Å². The van der Waals surface area contributed by atoms with Gasteiger partial charge in [-0.3, -0.25) is 9.59 Å². The van der Waals surface area contributed by atoms with Crippen molar-refractivity contribution in [2.45, 2.75) is 51.1 Å². The Morgan fingerprint density at radius 3 is 2.57 bits per heavy atom. The molecule has 6 heteroatoms. The summed E-state index contributed by atoms with van der Waals surface area (Å²) in [5, 5.41) is 0. The molecule has 0 fully saturated rings. The molecular weight excluding hydrogens is 306 g/mol. The summed E-state index contributed by atoms with van der Waals surface area (Å²) in [4.78, 5) is 23.4. The van der Waals surface area contributed by atoms with Crippen molar-refractivity contribution < 1.29 is 27.8 Å². The summed E-state index contributed by atoms with van der Waals surface area (Å²) in [6.45, 7) is 5.58. The Balaban J connectivity index is 2.44. The highest BCUT2D eigenvalue weighted by Crippen LogP contribution is 2.43. The molecule has 0 heterocycles. The monoisotopic (exact) mass is 326 g/mol. The number of benzene rings is 1. The summed E-state index contributed by atoms with van der Waals surface area (Å²) in [5.74, 6) is -5.58. The second-order valence-electron chi connectivity index (χ2n) is 6.68. The van der Waals surface area contributed by atoms with Gasteiger partial charge in [0.25, 0.3) is 0 Å². The molecule has 1 aromatic carbocycles. The third-order valence-corrected chi connectivity index (χ3v) is 3.61. The molecule has 1 aliphatic carbocycles. The van der Waals surface area contributed by atoms with Crippen LogP contribution in [0.3, 0.4) is 0 Å². The van der Waals surface area contributed by atoms with Crippen molar-refractivity contribution in [2.24, 2.45) is 0 Å². The largest absolute Gasteiger partial charge is 0.488 e. The third kappa shape index (κ3) is 3.86. The Kier molecular flexibility index (Phi) is 4.46. The molecule has 0 saturated carbocycles. The third-order valence-electron chi connectivity index (χ3n) is 3.61. The zero-order chi connectivity index (χ0) is 17.4. The number of methoxy groups -OCH3 is 1. The highest BCUT2D eigenvalue weighted by molar-refractivity contribution is 6.04. The normalized spacial score (nSPS) is 19.9. The molecule has 1 unspecified atom stereocenters. The van der Waals surface area contributed by atoms with Crippen molar-refractivity contribution in [1.82, 2.24) is 0 Å². The van der Waals surface area contributed by atoms with Crippen LogP contribution in [0.25, 0.3) is 0 Å². The van der Waals surface area contributed by atoms with Crippen molar-refractivity contribution in [3.63, 3.8) is 0 Å². The maximum atomic E-state index is 13.9. The first-order valence-corrected chi connectivity index (χ1v) is 7.36. The minimum atomic E-state index is -3.47. The number of carbonyl (C=O) groups is 2. The van der Waals surface area contributed by atoms with E-state index in [1.807, 2.05) is 20.8 Å². The van der Waals surface area contributed by atoms with Gasteiger partial charge in [0, 0.05) is 17.9 Å². The van der Waals surface area contributed by atoms with Crippen molar-refractivity contribution >= 4 is 11.8 Å². The smallest absolute Gasteiger partial charge is 0.310 e. The highest BCUT2D eigenvalue weighted by Gasteiger charge is 2.48. The molecule has 0 amide bonds. The van der Waals surface area contributed by atoms with E-state index in [2.05, 4.69) is 4.74 Å². The van der Waals surface area contributed by atoms with E-state index in [0.717, 1.165) is 0 Å². The molecule has 126 valence electrons. The van der Waals surface area contributed by atoms with E-state index >= 15 is 0 Å². The molecule has 0 N–H and O–H groups in total. The Labute approximate surface area is 133 Å². The summed E-state index contributed by atoms with van der Waals surface area (Å²) in [6.07, 6.45) is -0.905. The number of ether oxygens (including phenoxy) is 2. The molecule has 1 aliphatic rings. The number of Topliss-reactive ketones (excluding diaryl/α,β-unsaturated/α-hetero) is 1. The topological polar surface area (TPSA) is 52.6 Å². The summed E-state index contributed by atoms with van der Waals surface area (Å²) in [7, 11) is 1.20. The fourth-order valence-electron chi connectivity index (χ4n) is 2.68. The van der Waals surface area contributed by atoms with Crippen molar-refractivity contribution in [3.8, 4) is 5.75 Å². The first kappa shape index (κ1) is 17.4. The van der Waals surface area contributed by atoms with Gasteiger partial charge in [-0.2, -0.15) is 8.78 Å². The van der Waals surface area contributed by atoms with E-state index in [4.69, 9.17) is 4.74 Å². The van der Waals surface area contributed by atoms with Gasteiger partial charge in [0.05, 0.1) is 13.5 Å². The van der Waals surface area contributed by atoms with Gasteiger partial charge >= 0.3 is 11.9 Å². The summed E-state index contributed by atoms with van der Waals surface area (Å²) < 4.78 is 38.1. The second-order valence-corrected chi connectivity index (χ2v) is 6.68. The lowest BCUT2D eigenvalue weighted by atomic mass is 9.78. The van der Waals surface area contributed by atoms with Crippen molar-refractivity contribution in [3.05, 3.63) is 29.3 Å². The fraction of sp³-hybridized carbons (Fsp3) is 0.529. The van der Waals surface area contributed by atoms with Gasteiger partial charge in [-0.15, -0.1) is 0 Å². The van der Waals surface area contributed by atoms with E-state index in [1.54, 1.807) is 6.07 Å². The van der Waals surface area contributed by atoms with Gasteiger partial charge in [0.2, 0.25) is 5.78 Å². The molecular formula is C17H20F2O4. The van der Waals surface area contributed by atoms with Crippen LogP contribution in [0.4, 0.5) is 8.78 Å². The first-order chi connectivity index (χ1) is 10.5. The lowest BCUT2D eigenvalue weighted by Crippen LogP contribution is -2.37. The fourth-order valence-corrected chi connectivity index (χ4v) is 2.68. The van der Waals surface area contributed by atoms with Crippen LogP contribution < -0.4 is 4.74 Å². The van der Waals surface area contributed by atoms with Crippen LogP contribution in [0.1, 0.15) is 55.5 Å². The Bertz CT molecular complexity index is 632. The van der Waals surface area contributed by atoms with Gasteiger partial charge in [-0.25, -0.2) is 0 Å². The number of esters is 1. The van der Waals surface area contributed by atoms with Crippen LogP contribution in [0.5, 0.6) is 5.75 Å². The highest BCUT2D eigenvalue weighted by atomic mass is 19.3. The summed E-state index contributed by atoms with van der Waals surface area (Å²) in [6, 6.07) is 4.41. The average molecular weight is 326 g/mol. The quantitative estimate of drug-likeness (QED) is 0.794. The molecule has 0 radical (unpaired) electrons. The van der Waals surface area contributed by atoms with Crippen LogP contribution in [-0.4, -0.2) is 30.4 Å². The second kappa shape index (κ2) is 5.91. The number of fused-ring (bicyclic) bond motifs is 1. The van der Waals surface area contributed by atoms with E-state index in [1.165, 1.54) is 19.2 Å². The molecule has 0 aliphatic heterocycles. The Morgan fingerprint density at radius 2 is 2.00 bits per heavy atom. The van der Waals surface area contributed by atoms with Crippen LogP contribution in [0, 0.1) is 0 Å². The molecule has 0 spiro atoms. The minimum absolute atomic E-state index is 0.0589. The van der Waals surface area contributed by atoms with Crippen LogP contribution in [0.2, 0.25) is 0 Å². The summed E-state index contributed by atoms with van der Waals surface area (Å²) >= 11 is 0. The van der Waals surface area contributed by atoms with E-state index in [9.17, 15) is 18.4 Å². The predicted octanol–water partition coefficient (Wildman–Crippen LogP) is 3.73. The standard InChI is InChI=1S/C17H20F2O4/c1-16(2,3)23-11-5-6-12-13(8-11)10(7-14(20)22-4)9-17(18,19)15(12)21/h5-6,8,10H,7,9H2,1-4H3. The molecule has 2 rings (SSSR count). The predicted molar refractivity (Wildman–Crippen MR) is 80.1 cm³/mol. The number of rotatable bonds is 3. The number of alkyl halides is 2. The number of hydrogen-bond acceptors (Lipinski definition) is 4. The maximum Gasteiger partial charge on any atom is 0.310 e. The number of carbonyl (C=O) groups excluding carboxylic acids is 2. The van der Waals surface area contributed by atoms with Gasteiger partial charge in [-0.05, 0) is 44.5 Å². The Hall–Kier alpha value is -1.98. The average Bonchev–Trinajstić information content (AvgIpc) is 2.42. The first-order valence-electron chi connectivity index (χ1n) is 7.36. The molecule has 23 heavy (non-hydrogen) atoms. The van der Waals surface area contributed by atoms with Crippen molar-refractivity contribution in [2.75, 3.05) is 7.11 Å². The molecule has 0 saturated heterocycles. The number of hydrogen-bond donors (Lipinski definition) is 0. The zero-order valence-electron chi connectivity index (χ0n) is 13.6. The number of halogens is 2. The molecule has 4 nitrogen and oxygen atoms in total. The Morgan fingerprint density at radius 1 is 1.35 bits per heavy atom. The lowest BCUT2D eigenvalue weighted by Gasteiger charge is -2.30. The van der Waals surface area contributed by atoms with Crippen LogP contribution >= 0.6 is 0 Å². The van der Waals surface area contributed by atoms with Gasteiger partial charge in [-0.1, -0.05) is 0 Å². The van der Waals surface area contributed by atoms with Gasteiger partial charge in [0.15, 0.2) is 0 Å². The van der Waals surface area contributed by atoms with Gasteiger partial charge < -0.3 is 9.47 Å². The van der Waals surface area contributed by atoms with Crippen LogP contribution in [0.15, 0.2) is 18.2 Å². The SMILES string of the molecule is COC(=O)CC1CC(F)(F)C(=O)c2ccc(OC(C)(C)C)cc21. The minimum Gasteiger partial charge on any atom is -0.488 e. The molecule has 0 bridgehead atoms. The zero-order valence-corrected chi connectivity index (χ0v) is 13.6. The van der Waals surface area contributed by atoms with Gasteiger partial charge in [0.1, 0.15) is 11.4 Å². The van der Waals surface area contributed by atoms with E-state index in [-0.39, 0.29) is 12.0 Å².